The second kappa shape index (κ2) is 7.61. The molecule has 0 bridgehead atoms. The van der Waals surface area contributed by atoms with Crippen molar-refractivity contribution < 1.29 is 0 Å². The second-order valence-electron chi connectivity index (χ2n) is 6.21. The lowest BCUT2D eigenvalue weighted by molar-refractivity contribution is 0.639. The van der Waals surface area contributed by atoms with Gasteiger partial charge in [0.25, 0.3) is 0 Å². The molecule has 2 aromatic carbocycles. The van der Waals surface area contributed by atoms with Crippen LogP contribution in [0.1, 0.15) is 35.1 Å². The normalized spacial score (nSPS) is 19.7. The van der Waals surface area contributed by atoms with Crippen molar-refractivity contribution in [1.29, 1.82) is 0 Å². The molecule has 120 valence electrons. The van der Waals surface area contributed by atoms with Crippen LogP contribution in [0.5, 0.6) is 0 Å². The average Bonchev–Trinajstić information content (AvgIpc) is 3.04. The van der Waals surface area contributed by atoms with Gasteiger partial charge in [-0.1, -0.05) is 81.8 Å². The molecule has 3 heteroatoms. The van der Waals surface area contributed by atoms with Gasteiger partial charge in [0, 0.05) is 17.2 Å². The summed E-state index contributed by atoms with van der Waals surface area (Å²) in [6.07, 6.45) is 3.37. The van der Waals surface area contributed by atoms with E-state index in [1.54, 1.807) is 0 Å². The number of nitrogens with two attached hydrogens (primary N) is 1. The van der Waals surface area contributed by atoms with Gasteiger partial charge in [0.15, 0.2) is 0 Å². The Balaban J connectivity index is 1.96. The summed E-state index contributed by atoms with van der Waals surface area (Å²) in [4.78, 5) is 0. The van der Waals surface area contributed by atoms with Crippen LogP contribution < -0.4 is 5.73 Å². The van der Waals surface area contributed by atoms with Gasteiger partial charge in [-0.3, -0.25) is 0 Å². The highest BCUT2D eigenvalue weighted by atomic mass is 33.1. The Hall–Kier alpha value is -1.16. The van der Waals surface area contributed by atoms with E-state index < -0.39 is 0 Å². The summed E-state index contributed by atoms with van der Waals surface area (Å²) in [5.74, 6) is 0.245. The Bertz CT molecular complexity index is 676. The summed E-state index contributed by atoms with van der Waals surface area (Å²) in [7, 11) is 3.77. The third kappa shape index (κ3) is 4.03. The minimum atomic E-state index is 0.0833. The lowest BCUT2D eigenvalue weighted by Gasteiger charge is -2.25. The van der Waals surface area contributed by atoms with Crippen LogP contribution in [0.4, 0.5) is 0 Å². The van der Waals surface area contributed by atoms with E-state index in [4.69, 9.17) is 5.73 Å². The quantitative estimate of drug-likeness (QED) is 0.748. The molecule has 0 spiro atoms. The second-order valence-corrected chi connectivity index (χ2v) is 8.63. The van der Waals surface area contributed by atoms with Gasteiger partial charge in [-0.25, -0.2) is 0 Å². The zero-order chi connectivity index (χ0) is 16.2. The van der Waals surface area contributed by atoms with Gasteiger partial charge in [0.05, 0.1) is 0 Å². The van der Waals surface area contributed by atoms with Crippen LogP contribution in [0.3, 0.4) is 0 Å². The molecule has 1 nitrogen and oxygen atoms in total. The SMILES string of the molecule is Cc1ccc(C(c2ccccc2CC2C=CSS2)C(C)N)cc1. The molecule has 3 rings (SSSR count). The number of aryl methyl sites for hydroxylation is 1. The Labute approximate surface area is 147 Å². The molecule has 3 atom stereocenters. The highest BCUT2D eigenvalue weighted by Crippen LogP contribution is 2.39. The molecule has 0 radical (unpaired) electrons. The van der Waals surface area contributed by atoms with Crippen molar-refractivity contribution >= 4 is 21.6 Å². The number of hydrogen-bond acceptors (Lipinski definition) is 3. The van der Waals surface area contributed by atoms with Crippen molar-refractivity contribution in [3.05, 3.63) is 82.3 Å². The van der Waals surface area contributed by atoms with E-state index in [0.29, 0.717) is 5.25 Å². The van der Waals surface area contributed by atoms with Crippen molar-refractivity contribution in [3.8, 4) is 0 Å². The van der Waals surface area contributed by atoms with E-state index in [2.05, 4.69) is 73.9 Å². The predicted molar refractivity (Wildman–Crippen MR) is 105 cm³/mol. The first-order chi connectivity index (χ1) is 11.1. The maximum absolute atomic E-state index is 6.39. The lowest BCUT2D eigenvalue weighted by atomic mass is 9.82. The summed E-state index contributed by atoms with van der Waals surface area (Å²) < 4.78 is 0. The zero-order valence-electron chi connectivity index (χ0n) is 13.6. The summed E-state index contributed by atoms with van der Waals surface area (Å²) in [5, 5.41) is 2.76. The number of benzene rings is 2. The molecule has 0 saturated carbocycles. The van der Waals surface area contributed by atoms with Crippen LogP contribution in [-0.4, -0.2) is 11.3 Å². The van der Waals surface area contributed by atoms with Crippen molar-refractivity contribution in [2.75, 3.05) is 0 Å². The molecule has 0 aliphatic carbocycles. The molecule has 1 aliphatic heterocycles. The summed E-state index contributed by atoms with van der Waals surface area (Å²) in [6, 6.07) is 17.7. The number of rotatable bonds is 5. The molecule has 2 aromatic rings. The van der Waals surface area contributed by atoms with Gasteiger partial charge in [0.1, 0.15) is 0 Å². The van der Waals surface area contributed by atoms with Gasteiger partial charge in [-0.05, 0) is 42.4 Å². The highest BCUT2D eigenvalue weighted by Gasteiger charge is 2.22. The van der Waals surface area contributed by atoms with Gasteiger partial charge in [-0.2, -0.15) is 0 Å². The Kier molecular flexibility index (Phi) is 5.52. The molecule has 1 aliphatic rings. The molecule has 2 N–H and O–H groups in total. The minimum Gasteiger partial charge on any atom is -0.327 e. The van der Waals surface area contributed by atoms with Crippen LogP contribution in [-0.2, 0) is 6.42 Å². The monoisotopic (exact) mass is 341 g/mol. The number of hydrogen-bond donors (Lipinski definition) is 1. The van der Waals surface area contributed by atoms with E-state index in [9.17, 15) is 0 Å². The summed E-state index contributed by atoms with van der Waals surface area (Å²) in [5.41, 5.74) is 11.8. The first-order valence-corrected chi connectivity index (χ1v) is 10.3. The molecule has 0 amide bonds. The van der Waals surface area contributed by atoms with Crippen molar-refractivity contribution in [3.63, 3.8) is 0 Å². The topological polar surface area (TPSA) is 26.0 Å². The Morgan fingerprint density at radius 1 is 1.09 bits per heavy atom. The van der Waals surface area contributed by atoms with Crippen LogP contribution in [0.25, 0.3) is 0 Å². The van der Waals surface area contributed by atoms with E-state index in [1.807, 2.05) is 21.6 Å². The third-order valence-corrected chi connectivity index (χ3v) is 6.66. The van der Waals surface area contributed by atoms with Gasteiger partial charge < -0.3 is 5.73 Å². The maximum atomic E-state index is 6.39. The van der Waals surface area contributed by atoms with Crippen LogP contribution in [0.15, 0.2) is 60.0 Å². The van der Waals surface area contributed by atoms with Crippen molar-refractivity contribution in [2.24, 2.45) is 5.73 Å². The molecule has 0 fully saturated rings. The summed E-state index contributed by atoms with van der Waals surface area (Å²) >= 11 is 0. The van der Waals surface area contributed by atoms with Crippen molar-refractivity contribution in [1.82, 2.24) is 0 Å². The fourth-order valence-electron chi connectivity index (χ4n) is 3.14. The van der Waals surface area contributed by atoms with Crippen LogP contribution in [0, 0.1) is 6.92 Å². The molecule has 1 heterocycles. The predicted octanol–water partition coefficient (Wildman–Crippen LogP) is 5.29. The molecule has 3 unspecified atom stereocenters. The Morgan fingerprint density at radius 3 is 2.48 bits per heavy atom. The Morgan fingerprint density at radius 2 is 1.83 bits per heavy atom. The van der Waals surface area contributed by atoms with Crippen LogP contribution in [0.2, 0.25) is 0 Å². The fourth-order valence-corrected chi connectivity index (χ4v) is 5.30. The van der Waals surface area contributed by atoms with E-state index >= 15 is 0 Å². The third-order valence-electron chi connectivity index (χ3n) is 4.30. The van der Waals surface area contributed by atoms with Crippen LogP contribution >= 0.6 is 21.6 Å². The molecular formula is C20H23NS2. The van der Waals surface area contributed by atoms with E-state index in [0.717, 1.165) is 6.42 Å². The van der Waals surface area contributed by atoms with E-state index in [-0.39, 0.29) is 12.0 Å². The smallest absolute Gasteiger partial charge is 0.0383 e. The first kappa shape index (κ1) is 16.7. The standard InChI is InChI=1S/C20H23NS2/c1-14-7-9-16(10-8-14)20(15(2)21)19-6-4-3-5-17(19)13-18-11-12-22-23-18/h3-12,15,18,20H,13,21H2,1-2H3. The van der Waals surface area contributed by atoms with Crippen molar-refractivity contribution in [2.45, 2.75) is 37.5 Å². The molecule has 23 heavy (non-hydrogen) atoms. The molecule has 0 saturated heterocycles. The molecular weight excluding hydrogens is 318 g/mol. The first-order valence-electron chi connectivity index (χ1n) is 8.04. The molecule has 0 aromatic heterocycles. The highest BCUT2D eigenvalue weighted by molar-refractivity contribution is 8.78. The summed E-state index contributed by atoms with van der Waals surface area (Å²) in [6.45, 7) is 4.24. The fraction of sp³-hybridized carbons (Fsp3) is 0.300. The zero-order valence-corrected chi connectivity index (χ0v) is 15.2. The maximum Gasteiger partial charge on any atom is 0.0383 e. The lowest BCUT2D eigenvalue weighted by Crippen LogP contribution is -2.27. The average molecular weight is 342 g/mol. The largest absolute Gasteiger partial charge is 0.327 e. The minimum absolute atomic E-state index is 0.0833. The van der Waals surface area contributed by atoms with Gasteiger partial charge in [0.2, 0.25) is 0 Å². The van der Waals surface area contributed by atoms with Gasteiger partial charge in [-0.15, -0.1) is 0 Å². The van der Waals surface area contributed by atoms with Gasteiger partial charge >= 0.3 is 0 Å². The van der Waals surface area contributed by atoms with E-state index in [1.165, 1.54) is 22.3 Å².